The Kier molecular flexibility index (Phi) is 5.64. The fraction of sp³-hybridized carbons (Fsp3) is 0.611. The van der Waals surface area contributed by atoms with Crippen LogP contribution >= 0.6 is 0 Å². The van der Waals surface area contributed by atoms with Crippen molar-refractivity contribution in [2.75, 3.05) is 25.0 Å². The maximum absolute atomic E-state index is 8.69. The highest BCUT2D eigenvalue weighted by Gasteiger charge is 2.17. The Bertz CT molecular complexity index is 464. The number of hydrogen-bond acceptors (Lipinski definition) is 3. The maximum Gasteiger partial charge on any atom is 0.0621 e. The first kappa shape index (κ1) is 15.9. The monoisotopic (exact) mass is 285 g/mol. The highest BCUT2D eigenvalue weighted by molar-refractivity contribution is 5.44. The van der Waals surface area contributed by atoms with Crippen LogP contribution in [0.1, 0.15) is 45.1 Å². The van der Waals surface area contributed by atoms with Gasteiger partial charge < -0.3 is 5.32 Å². The third kappa shape index (κ3) is 5.40. The Morgan fingerprint density at radius 1 is 1.19 bits per heavy atom. The molecule has 0 spiro atoms. The third-order valence-corrected chi connectivity index (χ3v) is 4.24. The van der Waals surface area contributed by atoms with Gasteiger partial charge >= 0.3 is 0 Å². The molecular weight excluding hydrogens is 258 g/mol. The van der Waals surface area contributed by atoms with Crippen molar-refractivity contribution < 1.29 is 0 Å². The standard InChI is InChI=1S/C18H27N3/c1-18(2,10-5-11-19)15-20-17-8-6-16(7-9-17)14-21-12-3-4-13-21/h6-9,20H,3-5,10,12-15H2,1-2H3. The molecule has 1 fully saturated rings. The van der Waals surface area contributed by atoms with Crippen LogP contribution < -0.4 is 5.32 Å². The first-order chi connectivity index (χ1) is 10.1. The van der Waals surface area contributed by atoms with Crippen LogP contribution in [0.5, 0.6) is 0 Å². The van der Waals surface area contributed by atoms with E-state index in [1.54, 1.807) is 0 Å². The average Bonchev–Trinajstić information content (AvgIpc) is 2.98. The zero-order chi connectivity index (χ0) is 15.1. The molecule has 0 saturated carbocycles. The van der Waals surface area contributed by atoms with Crippen molar-refractivity contribution in [2.24, 2.45) is 5.41 Å². The normalized spacial score (nSPS) is 15.9. The van der Waals surface area contributed by atoms with Crippen molar-refractivity contribution >= 4 is 5.69 Å². The van der Waals surface area contributed by atoms with Crippen LogP contribution in [-0.4, -0.2) is 24.5 Å². The molecule has 114 valence electrons. The summed E-state index contributed by atoms with van der Waals surface area (Å²) in [5.41, 5.74) is 2.72. The average molecular weight is 285 g/mol. The molecule has 0 radical (unpaired) electrons. The number of nitriles is 1. The van der Waals surface area contributed by atoms with Gasteiger partial charge in [-0.1, -0.05) is 26.0 Å². The van der Waals surface area contributed by atoms with Crippen molar-refractivity contribution in [3.05, 3.63) is 29.8 Å². The minimum absolute atomic E-state index is 0.157. The molecule has 1 aromatic carbocycles. The molecule has 1 heterocycles. The predicted octanol–water partition coefficient (Wildman–Crippen LogP) is 4.02. The van der Waals surface area contributed by atoms with Crippen LogP contribution in [0.4, 0.5) is 5.69 Å². The van der Waals surface area contributed by atoms with E-state index in [4.69, 9.17) is 5.26 Å². The number of anilines is 1. The first-order valence-electron chi connectivity index (χ1n) is 8.01. The number of hydrogen-bond donors (Lipinski definition) is 1. The van der Waals surface area contributed by atoms with Crippen LogP contribution in [0.3, 0.4) is 0 Å². The van der Waals surface area contributed by atoms with E-state index in [1.807, 2.05) is 0 Å². The first-order valence-corrected chi connectivity index (χ1v) is 8.01. The zero-order valence-electron chi connectivity index (χ0n) is 13.4. The van der Waals surface area contributed by atoms with Gasteiger partial charge in [0, 0.05) is 25.2 Å². The molecule has 1 saturated heterocycles. The Labute approximate surface area is 129 Å². The Balaban J connectivity index is 1.80. The van der Waals surface area contributed by atoms with E-state index >= 15 is 0 Å². The van der Waals surface area contributed by atoms with Gasteiger partial charge in [-0.2, -0.15) is 5.26 Å². The van der Waals surface area contributed by atoms with E-state index < -0.39 is 0 Å². The lowest BCUT2D eigenvalue weighted by Crippen LogP contribution is -2.23. The lowest BCUT2D eigenvalue weighted by atomic mass is 9.88. The highest BCUT2D eigenvalue weighted by atomic mass is 15.1. The Morgan fingerprint density at radius 2 is 1.86 bits per heavy atom. The van der Waals surface area contributed by atoms with Gasteiger partial charge in [0.2, 0.25) is 0 Å². The summed E-state index contributed by atoms with van der Waals surface area (Å²) in [6.45, 7) is 8.88. The molecule has 0 atom stereocenters. The summed E-state index contributed by atoms with van der Waals surface area (Å²) in [6.07, 6.45) is 4.25. The molecular formula is C18H27N3. The summed E-state index contributed by atoms with van der Waals surface area (Å²) < 4.78 is 0. The van der Waals surface area contributed by atoms with Gasteiger partial charge in [0.15, 0.2) is 0 Å². The van der Waals surface area contributed by atoms with Crippen molar-refractivity contribution in [1.82, 2.24) is 4.90 Å². The summed E-state index contributed by atoms with van der Waals surface area (Å²) >= 11 is 0. The summed E-state index contributed by atoms with van der Waals surface area (Å²) in [6, 6.07) is 11.0. The fourth-order valence-corrected chi connectivity index (χ4v) is 2.75. The van der Waals surface area contributed by atoms with Crippen LogP contribution in [0.15, 0.2) is 24.3 Å². The number of nitrogens with one attached hydrogen (secondary N) is 1. The Hall–Kier alpha value is -1.53. The van der Waals surface area contributed by atoms with Crippen molar-refractivity contribution in [1.29, 1.82) is 5.26 Å². The van der Waals surface area contributed by atoms with Crippen LogP contribution in [0.2, 0.25) is 0 Å². The fourth-order valence-electron chi connectivity index (χ4n) is 2.75. The van der Waals surface area contributed by atoms with Gasteiger partial charge in [-0.05, 0) is 55.5 Å². The minimum Gasteiger partial charge on any atom is -0.385 e. The van der Waals surface area contributed by atoms with Crippen molar-refractivity contribution in [2.45, 2.75) is 46.1 Å². The van der Waals surface area contributed by atoms with E-state index in [-0.39, 0.29) is 5.41 Å². The van der Waals surface area contributed by atoms with Crippen LogP contribution in [-0.2, 0) is 6.54 Å². The summed E-state index contributed by atoms with van der Waals surface area (Å²) in [5.74, 6) is 0. The van der Waals surface area contributed by atoms with E-state index in [0.717, 1.165) is 19.5 Å². The number of rotatable bonds is 7. The van der Waals surface area contributed by atoms with Crippen LogP contribution in [0.25, 0.3) is 0 Å². The molecule has 1 aliphatic rings. The quantitative estimate of drug-likeness (QED) is 0.822. The number of nitrogens with zero attached hydrogens (tertiary/aromatic N) is 2. The van der Waals surface area contributed by atoms with E-state index in [2.05, 4.69) is 54.4 Å². The van der Waals surface area contributed by atoms with Crippen LogP contribution in [0, 0.1) is 16.7 Å². The lowest BCUT2D eigenvalue weighted by Gasteiger charge is -2.24. The molecule has 1 aliphatic heterocycles. The molecule has 0 unspecified atom stereocenters. The van der Waals surface area contributed by atoms with Gasteiger partial charge in [-0.3, -0.25) is 4.90 Å². The van der Waals surface area contributed by atoms with Gasteiger partial charge in [-0.15, -0.1) is 0 Å². The second-order valence-electron chi connectivity index (χ2n) is 6.86. The van der Waals surface area contributed by atoms with E-state index in [1.165, 1.54) is 37.2 Å². The minimum atomic E-state index is 0.157. The topological polar surface area (TPSA) is 39.1 Å². The zero-order valence-corrected chi connectivity index (χ0v) is 13.4. The Morgan fingerprint density at radius 3 is 2.48 bits per heavy atom. The largest absolute Gasteiger partial charge is 0.385 e. The van der Waals surface area contributed by atoms with Crippen molar-refractivity contribution in [3.8, 4) is 6.07 Å². The van der Waals surface area contributed by atoms with Gasteiger partial charge in [-0.25, -0.2) is 0 Å². The summed E-state index contributed by atoms with van der Waals surface area (Å²) in [7, 11) is 0. The van der Waals surface area contributed by atoms with Gasteiger partial charge in [0.25, 0.3) is 0 Å². The smallest absolute Gasteiger partial charge is 0.0621 e. The SMILES string of the molecule is CC(C)(CCC#N)CNc1ccc(CN2CCCC2)cc1. The lowest BCUT2D eigenvalue weighted by molar-refractivity contribution is 0.331. The van der Waals surface area contributed by atoms with Gasteiger partial charge in [0.05, 0.1) is 6.07 Å². The second-order valence-corrected chi connectivity index (χ2v) is 6.86. The molecule has 1 aromatic rings. The van der Waals surface area contributed by atoms with Gasteiger partial charge in [0.1, 0.15) is 0 Å². The number of benzene rings is 1. The van der Waals surface area contributed by atoms with E-state index in [9.17, 15) is 0 Å². The molecule has 3 heteroatoms. The molecule has 0 bridgehead atoms. The molecule has 21 heavy (non-hydrogen) atoms. The molecule has 2 rings (SSSR count). The molecule has 3 nitrogen and oxygen atoms in total. The second kappa shape index (κ2) is 7.47. The maximum atomic E-state index is 8.69. The third-order valence-electron chi connectivity index (χ3n) is 4.24. The molecule has 1 N–H and O–H groups in total. The molecule has 0 aliphatic carbocycles. The highest BCUT2D eigenvalue weighted by Crippen LogP contribution is 2.23. The summed E-state index contributed by atoms with van der Waals surface area (Å²) in [5, 5.41) is 12.2. The molecule has 0 aromatic heterocycles. The number of likely N-dealkylation sites (tertiary alicyclic amines) is 1. The van der Waals surface area contributed by atoms with Crippen molar-refractivity contribution in [3.63, 3.8) is 0 Å². The van der Waals surface area contributed by atoms with E-state index in [0.29, 0.717) is 6.42 Å². The molecule has 0 amide bonds. The summed E-state index contributed by atoms with van der Waals surface area (Å²) in [4.78, 5) is 2.52. The predicted molar refractivity (Wildman–Crippen MR) is 88.1 cm³/mol.